The quantitative estimate of drug-likeness (QED) is 0.938. The second-order valence-corrected chi connectivity index (χ2v) is 8.01. The molecule has 1 N–H and O–H groups in total. The summed E-state index contributed by atoms with van der Waals surface area (Å²) >= 11 is 7.58. The Kier molecular flexibility index (Phi) is 3.81. The van der Waals surface area contributed by atoms with Gasteiger partial charge in [-0.25, -0.2) is 13.1 Å². The summed E-state index contributed by atoms with van der Waals surface area (Å²) in [7, 11) is -3.62. The molecule has 3 rings (SSSR count). The summed E-state index contributed by atoms with van der Waals surface area (Å²) in [6.07, 6.45) is 6.15. The minimum atomic E-state index is -3.62. The largest absolute Gasteiger partial charge is 0.263 e. The van der Waals surface area contributed by atoms with E-state index in [1.54, 1.807) is 11.3 Å². The lowest BCUT2D eigenvalue weighted by atomic mass is 10.2. The number of fused-ring (bicyclic) bond motifs is 1. The molecular weight excluding hydrogens is 316 g/mol. The van der Waals surface area contributed by atoms with Gasteiger partial charge in [-0.1, -0.05) is 11.6 Å². The van der Waals surface area contributed by atoms with E-state index in [0.717, 1.165) is 17.7 Å². The molecule has 0 amide bonds. The number of thiophene rings is 1. The summed E-state index contributed by atoms with van der Waals surface area (Å²) in [4.78, 5) is 6.25. The van der Waals surface area contributed by atoms with Crippen molar-refractivity contribution in [2.75, 3.05) is 0 Å². The molecular formula is C13H13ClN2O2S2. The van der Waals surface area contributed by atoms with Crippen LogP contribution in [-0.2, 0) is 29.4 Å². The molecule has 0 bridgehead atoms. The number of sulfonamides is 1. The molecule has 2 aromatic rings. The maximum absolute atomic E-state index is 12.2. The Labute approximate surface area is 126 Å². The number of aryl methyl sites for hydroxylation is 2. The zero-order valence-electron chi connectivity index (χ0n) is 10.6. The molecule has 0 radical (unpaired) electrons. The lowest BCUT2D eigenvalue weighted by Gasteiger charge is -2.06. The van der Waals surface area contributed by atoms with Crippen molar-refractivity contribution in [2.45, 2.75) is 30.7 Å². The SMILES string of the molecule is O=S(=O)(NCc1cc2c(s1)CCC2)c1cnccc1Cl. The fourth-order valence-electron chi connectivity index (χ4n) is 2.28. The Hall–Kier alpha value is -0.950. The minimum absolute atomic E-state index is 0.0192. The highest BCUT2D eigenvalue weighted by molar-refractivity contribution is 7.89. The van der Waals surface area contributed by atoms with E-state index in [4.69, 9.17) is 11.6 Å². The van der Waals surface area contributed by atoms with Gasteiger partial charge in [-0.2, -0.15) is 0 Å². The topological polar surface area (TPSA) is 59.1 Å². The number of rotatable bonds is 4. The van der Waals surface area contributed by atoms with E-state index in [1.807, 2.05) is 0 Å². The van der Waals surface area contributed by atoms with Gasteiger partial charge < -0.3 is 0 Å². The van der Waals surface area contributed by atoms with Gasteiger partial charge in [0.1, 0.15) is 4.90 Å². The van der Waals surface area contributed by atoms with E-state index in [1.165, 1.54) is 35.3 Å². The summed E-state index contributed by atoms with van der Waals surface area (Å²) in [5.74, 6) is 0. The highest BCUT2D eigenvalue weighted by Gasteiger charge is 2.19. The molecule has 1 aliphatic rings. The average molecular weight is 329 g/mol. The molecule has 0 unspecified atom stereocenters. The Morgan fingerprint density at radius 1 is 1.40 bits per heavy atom. The molecule has 106 valence electrons. The number of nitrogens with one attached hydrogen (secondary N) is 1. The summed E-state index contributed by atoms with van der Waals surface area (Å²) in [6.45, 7) is 0.297. The molecule has 2 heterocycles. The third-order valence-electron chi connectivity index (χ3n) is 3.26. The van der Waals surface area contributed by atoms with Gasteiger partial charge in [0, 0.05) is 28.7 Å². The molecule has 0 saturated heterocycles. The van der Waals surface area contributed by atoms with Crippen molar-refractivity contribution >= 4 is 33.0 Å². The van der Waals surface area contributed by atoms with E-state index >= 15 is 0 Å². The zero-order valence-corrected chi connectivity index (χ0v) is 13.0. The summed E-state index contributed by atoms with van der Waals surface area (Å²) in [5, 5.41) is 0.182. The summed E-state index contributed by atoms with van der Waals surface area (Å²) in [6, 6.07) is 3.57. The van der Waals surface area contributed by atoms with Gasteiger partial charge in [0.25, 0.3) is 0 Å². The molecule has 0 spiro atoms. The molecule has 7 heteroatoms. The Balaban J connectivity index is 1.75. The van der Waals surface area contributed by atoms with Crippen molar-refractivity contribution in [2.24, 2.45) is 0 Å². The number of pyridine rings is 1. The van der Waals surface area contributed by atoms with Crippen molar-refractivity contribution in [1.82, 2.24) is 9.71 Å². The van der Waals surface area contributed by atoms with Crippen LogP contribution in [0.1, 0.15) is 21.7 Å². The molecule has 0 atom stereocenters. The van der Waals surface area contributed by atoms with Crippen LogP contribution >= 0.6 is 22.9 Å². The number of hydrogen-bond donors (Lipinski definition) is 1. The van der Waals surface area contributed by atoms with E-state index in [2.05, 4.69) is 15.8 Å². The fourth-order valence-corrected chi connectivity index (χ4v) is 5.01. The highest BCUT2D eigenvalue weighted by Crippen LogP contribution is 2.30. The third kappa shape index (κ3) is 2.74. The predicted octanol–water partition coefficient (Wildman–Crippen LogP) is 2.76. The molecule has 0 aromatic carbocycles. The van der Waals surface area contributed by atoms with Gasteiger partial charge in [0.2, 0.25) is 10.0 Å². The summed E-state index contributed by atoms with van der Waals surface area (Å²) in [5.41, 5.74) is 1.36. The van der Waals surface area contributed by atoms with Gasteiger partial charge in [0.05, 0.1) is 5.02 Å². The van der Waals surface area contributed by atoms with Crippen LogP contribution in [0.15, 0.2) is 29.4 Å². The van der Waals surface area contributed by atoms with Crippen molar-refractivity contribution in [3.05, 3.63) is 44.9 Å². The molecule has 0 saturated carbocycles. The zero-order chi connectivity index (χ0) is 14.2. The smallest absolute Gasteiger partial charge is 0.243 e. The first-order chi connectivity index (χ1) is 9.56. The molecule has 4 nitrogen and oxygen atoms in total. The fraction of sp³-hybridized carbons (Fsp3) is 0.308. The first-order valence-electron chi connectivity index (χ1n) is 6.26. The standard InChI is InChI=1S/C13H13ClN2O2S2/c14-11-4-5-15-8-13(11)20(17,18)16-7-10-6-9-2-1-3-12(9)19-10/h4-6,8,16H,1-3,7H2. The highest BCUT2D eigenvalue weighted by atomic mass is 35.5. The molecule has 20 heavy (non-hydrogen) atoms. The van der Waals surface area contributed by atoms with Gasteiger partial charge in [-0.3, -0.25) is 4.98 Å². The van der Waals surface area contributed by atoms with Crippen LogP contribution in [0, 0.1) is 0 Å². The maximum Gasteiger partial charge on any atom is 0.243 e. The van der Waals surface area contributed by atoms with Crippen LogP contribution in [0.4, 0.5) is 0 Å². The van der Waals surface area contributed by atoms with E-state index in [-0.39, 0.29) is 9.92 Å². The minimum Gasteiger partial charge on any atom is -0.263 e. The number of aromatic nitrogens is 1. The van der Waals surface area contributed by atoms with E-state index in [0.29, 0.717) is 6.54 Å². The Morgan fingerprint density at radius 3 is 3.00 bits per heavy atom. The maximum atomic E-state index is 12.2. The first-order valence-corrected chi connectivity index (χ1v) is 8.94. The number of hydrogen-bond acceptors (Lipinski definition) is 4. The Bertz CT molecular complexity index is 719. The van der Waals surface area contributed by atoms with Gasteiger partial charge in [-0.15, -0.1) is 11.3 Å². The van der Waals surface area contributed by atoms with Crippen LogP contribution in [0.5, 0.6) is 0 Å². The summed E-state index contributed by atoms with van der Waals surface area (Å²) < 4.78 is 26.9. The van der Waals surface area contributed by atoms with Gasteiger partial charge >= 0.3 is 0 Å². The van der Waals surface area contributed by atoms with Crippen LogP contribution in [0.3, 0.4) is 0 Å². The second-order valence-electron chi connectivity index (χ2n) is 4.65. The average Bonchev–Trinajstić information content (AvgIpc) is 2.97. The molecule has 0 aliphatic heterocycles. The lowest BCUT2D eigenvalue weighted by molar-refractivity contribution is 0.581. The van der Waals surface area contributed by atoms with Gasteiger partial charge in [0.15, 0.2) is 0 Å². The molecule has 1 aliphatic carbocycles. The Morgan fingerprint density at radius 2 is 2.25 bits per heavy atom. The number of nitrogens with zero attached hydrogens (tertiary/aromatic N) is 1. The lowest BCUT2D eigenvalue weighted by Crippen LogP contribution is -2.23. The number of halogens is 1. The van der Waals surface area contributed by atoms with Crippen molar-refractivity contribution in [3.63, 3.8) is 0 Å². The van der Waals surface area contributed by atoms with Crippen LogP contribution in [0.25, 0.3) is 0 Å². The normalized spacial score (nSPS) is 14.4. The van der Waals surface area contributed by atoms with E-state index in [9.17, 15) is 8.42 Å². The van der Waals surface area contributed by atoms with Crippen molar-refractivity contribution in [1.29, 1.82) is 0 Å². The van der Waals surface area contributed by atoms with Crippen molar-refractivity contribution in [3.8, 4) is 0 Å². The third-order valence-corrected chi connectivity index (χ3v) is 6.37. The van der Waals surface area contributed by atoms with Crippen molar-refractivity contribution < 1.29 is 8.42 Å². The second kappa shape index (κ2) is 5.44. The predicted molar refractivity (Wildman–Crippen MR) is 79.6 cm³/mol. The first kappa shape index (κ1) is 14.0. The molecule has 0 fully saturated rings. The van der Waals surface area contributed by atoms with Gasteiger partial charge in [-0.05, 0) is 37.0 Å². The molecule has 2 aromatic heterocycles. The van der Waals surface area contributed by atoms with Crippen LogP contribution < -0.4 is 4.72 Å². The monoisotopic (exact) mass is 328 g/mol. The van der Waals surface area contributed by atoms with Crippen LogP contribution in [0.2, 0.25) is 5.02 Å². The van der Waals surface area contributed by atoms with Crippen LogP contribution in [-0.4, -0.2) is 13.4 Å². The van der Waals surface area contributed by atoms with E-state index < -0.39 is 10.0 Å².